The van der Waals surface area contributed by atoms with E-state index in [1.54, 1.807) is 18.2 Å². The first-order chi connectivity index (χ1) is 16.6. The Morgan fingerprint density at radius 1 is 0.971 bits per heavy atom. The van der Waals surface area contributed by atoms with Crippen molar-refractivity contribution in [3.8, 4) is 17.2 Å². The molecule has 5 rings (SSSR count). The molecule has 0 aromatic heterocycles. The first-order valence-electron chi connectivity index (χ1n) is 12.5. The molecule has 2 saturated heterocycles. The normalized spacial score (nSPS) is 23.2. The highest BCUT2D eigenvalue weighted by atomic mass is 16.6. The number of cyclic esters (lactones) is 1. The number of carbonyl (C=O) groups is 1. The summed E-state index contributed by atoms with van der Waals surface area (Å²) in [5.41, 5.74) is 1.25. The summed E-state index contributed by atoms with van der Waals surface area (Å²) < 4.78 is 17.2. The monoisotopic (exact) mass is 466 g/mol. The average Bonchev–Trinajstić information content (AvgIpc) is 3.19. The summed E-state index contributed by atoms with van der Waals surface area (Å²) in [6, 6.07) is 15.5. The van der Waals surface area contributed by atoms with Crippen LogP contribution in [0.5, 0.6) is 17.2 Å². The Bertz CT molecular complexity index is 961. The highest BCUT2D eigenvalue weighted by molar-refractivity contribution is 5.70. The smallest absolute Gasteiger partial charge is 0.410 e. The number of phenolic OH excluding ortho intramolecular Hbond substituents is 1. The van der Waals surface area contributed by atoms with Crippen molar-refractivity contribution < 1.29 is 24.1 Å². The lowest BCUT2D eigenvalue weighted by atomic mass is 9.92. The van der Waals surface area contributed by atoms with Gasteiger partial charge in [0.05, 0.1) is 6.04 Å². The number of benzene rings is 2. The maximum absolute atomic E-state index is 12.2. The van der Waals surface area contributed by atoms with Gasteiger partial charge in [-0.05, 0) is 68.8 Å². The largest absolute Gasteiger partial charge is 0.508 e. The van der Waals surface area contributed by atoms with E-state index in [0.29, 0.717) is 30.6 Å². The third kappa shape index (κ3) is 5.58. The molecule has 1 amide bonds. The summed E-state index contributed by atoms with van der Waals surface area (Å²) in [6.07, 6.45) is 5.16. The number of amides is 1. The van der Waals surface area contributed by atoms with Gasteiger partial charge in [-0.15, -0.1) is 0 Å². The van der Waals surface area contributed by atoms with E-state index in [9.17, 15) is 9.90 Å². The molecule has 182 valence electrons. The molecule has 3 aliphatic heterocycles. The lowest BCUT2D eigenvalue weighted by Gasteiger charge is -2.36. The summed E-state index contributed by atoms with van der Waals surface area (Å²) in [4.78, 5) is 16.6. The molecule has 1 N–H and O–H groups in total. The fraction of sp³-hybridized carbons (Fsp3) is 0.519. The second-order valence-electron chi connectivity index (χ2n) is 9.68. The number of piperidine rings is 1. The van der Waals surface area contributed by atoms with Crippen LogP contribution in [0, 0.1) is 5.92 Å². The van der Waals surface area contributed by atoms with Gasteiger partial charge in [-0.2, -0.15) is 0 Å². The van der Waals surface area contributed by atoms with Gasteiger partial charge in [-0.1, -0.05) is 30.3 Å². The number of rotatable bonds is 8. The molecule has 0 radical (unpaired) electrons. The molecule has 0 spiro atoms. The van der Waals surface area contributed by atoms with Crippen LogP contribution in [0.15, 0.2) is 48.5 Å². The van der Waals surface area contributed by atoms with Gasteiger partial charge in [0, 0.05) is 19.2 Å². The zero-order valence-corrected chi connectivity index (χ0v) is 19.6. The summed E-state index contributed by atoms with van der Waals surface area (Å²) in [6.45, 7) is 4.75. The lowest BCUT2D eigenvalue weighted by molar-refractivity contribution is 0.0467. The van der Waals surface area contributed by atoms with E-state index in [2.05, 4.69) is 17.0 Å². The van der Waals surface area contributed by atoms with Gasteiger partial charge in [-0.25, -0.2) is 4.79 Å². The molecule has 2 aromatic rings. The summed E-state index contributed by atoms with van der Waals surface area (Å²) in [7, 11) is 0. The lowest BCUT2D eigenvalue weighted by Crippen LogP contribution is -2.44. The zero-order valence-electron chi connectivity index (χ0n) is 19.6. The molecule has 3 aliphatic rings. The van der Waals surface area contributed by atoms with Crippen LogP contribution in [0.3, 0.4) is 0 Å². The number of aromatic hydroxyl groups is 1. The molecule has 34 heavy (non-hydrogen) atoms. The number of ether oxygens (including phenoxy) is 3. The van der Waals surface area contributed by atoms with Crippen LogP contribution < -0.4 is 9.47 Å². The van der Waals surface area contributed by atoms with Gasteiger partial charge >= 0.3 is 6.09 Å². The Balaban J connectivity index is 1.02. The van der Waals surface area contributed by atoms with Crippen LogP contribution in [0.25, 0.3) is 0 Å². The van der Waals surface area contributed by atoms with E-state index >= 15 is 0 Å². The van der Waals surface area contributed by atoms with Crippen LogP contribution in [-0.2, 0) is 11.2 Å². The number of carbonyl (C=O) groups excluding carboxylic acids is 1. The van der Waals surface area contributed by atoms with E-state index < -0.39 is 0 Å². The number of nitrogens with zero attached hydrogens (tertiary/aromatic N) is 2. The third-order valence-electron chi connectivity index (χ3n) is 7.21. The van der Waals surface area contributed by atoms with E-state index in [4.69, 9.17) is 14.2 Å². The fourth-order valence-electron chi connectivity index (χ4n) is 5.31. The Kier molecular flexibility index (Phi) is 7.09. The maximum atomic E-state index is 12.2. The predicted octanol–water partition coefficient (Wildman–Crippen LogP) is 4.09. The molecule has 0 aliphatic carbocycles. The second-order valence-corrected chi connectivity index (χ2v) is 9.68. The van der Waals surface area contributed by atoms with E-state index in [-0.39, 0.29) is 24.0 Å². The minimum Gasteiger partial charge on any atom is -0.508 e. The molecule has 0 bridgehead atoms. The maximum Gasteiger partial charge on any atom is 0.410 e. The van der Waals surface area contributed by atoms with E-state index in [0.717, 1.165) is 45.4 Å². The van der Waals surface area contributed by atoms with Crippen molar-refractivity contribution >= 4 is 6.09 Å². The van der Waals surface area contributed by atoms with Crippen LogP contribution in [0.4, 0.5) is 4.79 Å². The molecule has 7 heteroatoms. The Labute approximate surface area is 201 Å². The summed E-state index contributed by atoms with van der Waals surface area (Å²) in [5.74, 6) is 2.21. The standard InChI is InChI=1S/C27H34N2O5/c30-23-8-9-25-26(16-23)34-24(19-32-25)17-28-13-10-20(11-14-28)7-4-12-29-22(18-33-27(29)31)15-21-5-2-1-3-6-21/h1-3,5-6,8-9,16,20,22,24,30H,4,7,10-15,17-19H2/t22-,24-/m0/s1. The molecule has 2 aromatic carbocycles. The van der Waals surface area contributed by atoms with Crippen molar-refractivity contribution in [1.82, 2.24) is 9.80 Å². The van der Waals surface area contributed by atoms with Gasteiger partial charge in [0.2, 0.25) is 0 Å². The van der Waals surface area contributed by atoms with Crippen molar-refractivity contribution in [3.63, 3.8) is 0 Å². The van der Waals surface area contributed by atoms with Crippen molar-refractivity contribution in [2.24, 2.45) is 5.92 Å². The Morgan fingerprint density at radius 3 is 2.62 bits per heavy atom. The summed E-state index contributed by atoms with van der Waals surface area (Å²) >= 11 is 0. The third-order valence-corrected chi connectivity index (χ3v) is 7.21. The number of fused-ring (bicyclic) bond motifs is 1. The number of phenols is 1. The molecule has 2 fully saturated rings. The second kappa shape index (κ2) is 10.6. The number of hydrogen-bond acceptors (Lipinski definition) is 6. The molecule has 3 heterocycles. The minimum atomic E-state index is -0.166. The van der Waals surface area contributed by atoms with E-state index in [1.807, 2.05) is 23.1 Å². The molecule has 2 atom stereocenters. The van der Waals surface area contributed by atoms with Crippen molar-refractivity contribution in [3.05, 3.63) is 54.1 Å². The quantitative estimate of drug-likeness (QED) is 0.632. The Morgan fingerprint density at radius 2 is 1.79 bits per heavy atom. The molecule has 7 nitrogen and oxygen atoms in total. The highest BCUT2D eigenvalue weighted by Crippen LogP contribution is 2.35. The zero-order chi connectivity index (χ0) is 23.3. The Hall–Kier alpha value is -2.93. The van der Waals surface area contributed by atoms with Gasteiger partial charge in [0.15, 0.2) is 11.5 Å². The highest BCUT2D eigenvalue weighted by Gasteiger charge is 2.33. The van der Waals surface area contributed by atoms with E-state index in [1.165, 1.54) is 18.4 Å². The topological polar surface area (TPSA) is 71.5 Å². The summed E-state index contributed by atoms with van der Waals surface area (Å²) in [5, 5.41) is 9.69. The average molecular weight is 467 g/mol. The van der Waals surface area contributed by atoms with Crippen molar-refractivity contribution in [1.29, 1.82) is 0 Å². The van der Waals surface area contributed by atoms with Gasteiger partial charge in [-0.3, -0.25) is 4.90 Å². The minimum absolute atomic E-state index is 0.0198. The van der Waals surface area contributed by atoms with Crippen molar-refractivity contribution in [2.75, 3.05) is 39.4 Å². The SMILES string of the molecule is O=C1OC[C@H](Cc2ccccc2)N1CCCC1CCN(C[C@H]2COc3ccc(O)cc3O2)CC1. The van der Waals surface area contributed by atoms with Gasteiger partial charge < -0.3 is 24.2 Å². The number of likely N-dealkylation sites (tertiary alicyclic amines) is 1. The van der Waals surface area contributed by atoms with Crippen molar-refractivity contribution in [2.45, 2.75) is 44.2 Å². The van der Waals surface area contributed by atoms with Gasteiger partial charge in [0.1, 0.15) is 25.1 Å². The van der Waals surface area contributed by atoms with Crippen LogP contribution in [0.1, 0.15) is 31.2 Å². The van der Waals surface area contributed by atoms with Crippen LogP contribution in [-0.4, -0.2) is 72.5 Å². The molecule has 0 unspecified atom stereocenters. The first-order valence-corrected chi connectivity index (χ1v) is 12.5. The predicted molar refractivity (Wildman–Crippen MR) is 128 cm³/mol. The van der Waals surface area contributed by atoms with Crippen LogP contribution in [0.2, 0.25) is 0 Å². The van der Waals surface area contributed by atoms with Crippen LogP contribution >= 0.6 is 0 Å². The molecular weight excluding hydrogens is 432 g/mol. The molecular formula is C27H34N2O5. The number of hydrogen-bond donors (Lipinski definition) is 1. The fourth-order valence-corrected chi connectivity index (χ4v) is 5.31. The first kappa shape index (κ1) is 22.8. The van der Waals surface area contributed by atoms with Gasteiger partial charge in [0.25, 0.3) is 0 Å². The molecule has 0 saturated carbocycles.